The molecule has 0 aromatic heterocycles. The summed E-state index contributed by atoms with van der Waals surface area (Å²) in [6.45, 7) is 4.03. The molecule has 0 aromatic rings. The number of aliphatic hydroxyl groups excluding tert-OH is 4. The third-order valence-electron chi connectivity index (χ3n) is 11.2. The molecule has 6 heteroatoms. The van der Waals surface area contributed by atoms with Crippen molar-refractivity contribution in [3.05, 3.63) is 48.6 Å². The quantitative estimate of drug-likeness (QED) is 0.0311. The van der Waals surface area contributed by atoms with Gasteiger partial charge in [0.1, 0.15) is 12.2 Å². The van der Waals surface area contributed by atoms with Crippen molar-refractivity contribution in [1.29, 1.82) is 0 Å². The van der Waals surface area contributed by atoms with Crippen molar-refractivity contribution in [1.82, 2.24) is 5.32 Å². The van der Waals surface area contributed by atoms with Crippen LogP contribution in [0.1, 0.15) is 239 Å². The van der Waals surface area contributed by atoms with Gasteiger partial charge in [0.15, 0.2) is 0 Å². The van der Waals surface area contributed by atoms with Crippen LogP contribution in [-0.2, 0) is 4.79 Å². The van der Waals surface area contributed by atoms with Gasteiger partial charge in [-0.2, -0.15) is 0 Å². The van der Waals surface area contributed by atoms with Crippen LogP contribution in [0.25, 0.3) is 0 Å². The maximum Gasteiger partial charge on any atom is 0.249 e. The number of rotatable bonds is 44. The van der Waals surface area contributed by atoms with E-state index in [2.05, 4.69) is 67.8 Å². The Hall–Kier alpha value is -1.73. The van der Waals surface area contributed by atoms with Gasteiger partial charge in [0.2, 0.25) is 5.91 Å². The largest absolute Gasteiger partial charge is 0.394 e. The molecule has 0 fully saturated rings. The lowest BCUT2D eigenvalue weighted by molar-refractivity contribution is -0.132. The number of nitrogens with one attached hydrogen (secondary N) is 1. The summed E-state index contributed by atoms with van der Waals surface area (Å²) in [6, 6.07) is -1.02. The Bertz CT molecular complexity index is 946. The molecule has 4 unspecified atom stereocenters. The minimum absolute atomic E-state index is 0.343. The van der Waals surface area contributed by atoms with Gasteiger partial charge in [0, 0.05) is 0 Å². The second-order valence-corrected chi connectivity index (χ2v) is 16.8. The molecule has 0 rings (SSSR count). The molecule has 0 spiro atoms. The van der Waals surface area contributed by atoms with Gasteiger partial charge in [-0.15, -0.1) is 0 Å². The molecule has 0 bridgehead atoms. The van der Waals surface area contributed by atoms with Crippen molar-refractivity contribution in [2.75, 3.05) is 6.61 Å². The SMILES string of the molecule is CCCCCCCCC/C=C\CCCCCCC(O)C(=O)NC(CO)C(O)C(O)CCC/C=C/CC/C=C/CC/C=C/CCCCCCCCCCCCCCC. The van der Waals surface area contributed by atoms with Gasteiger partial charge in [-0.25, -0.2) is 0 Å². The van der Waals surface area contributed by atoms with Gasteiger partial charge in [0.05, 0.1) is 18.8 Å². The summed E-state index contributed by atoms with van der Waals surface area (Å²) < 4.78 is 0. The molecule has 0 aliphatic carbocycles. The van der Waals surface area contributed by atoms with Crippen LogP contribution < -0.4 is 5.32 Å². The summed E-state index contributed by atoms with van der Waals surface area (Å²) in [6.07, 6.45) is 55.9. The summed E-state index contributed by atoms with van der Waals surface area (Å²) in [5.74, 6) is -0.609. The lowest BCUT2D eigenvalue weighted by Crippen LogP contribution is -2.53. The number of carbonyl (C=O) groups is 1. The zero-order chi connectivity index (χ0) is 41.7. The number of hydrogen-bond donors (Lipinski definition) is 5. The van der Waals surface area contributed by atoms with Gasteiger partial charge in [-0.1, -0.05) is 197 Å². The Labute approximate surface area is 353 Å². The highest BCUT2D eigenvalue weighted by molar-refractivity contribution is 5.80. The lowest BCUT2D eigenvalue weighted by Gasteiger charge is -2.27. The van der Waals surface area contributed by atoms with Crippen LogP contribution in [0, 0.1) is 0 Å². The first kappa shape index (κ1) is 55.3. The van der Waals surface area contributed by atoms with E-state index in [1.807, 2.05) is 0 Å². The average Bonchev–Trinajstić information content (AvgIpc) is 3.22. The second kappa shape index (κ2) is 45.4. The number of carbonyl (C=O) groups excluding carboxylic acids is 1. The fourth-order valence-electron chi connectivity index (χ4n) is 7.31. The minimum Gasteiger partial charge on any atom is -0.394 e. The van der Waals surface area contributed by atoms with E-state index < -0.39 is 36.9 Å². The number of hydrogen-bond acceptors (Lipinski definition) is 5. The minimum atomic E-state index is -1.30. The first-order valence-electron chi connectivity index (χ1n) is 24.5. The van der Waals surface area contributed by atoms with E-state index in [0.29, 0.717) is 19.3 Å². The van der Waals surface area contributed by atoms with Crippen LogP contribution in [0.2, 0.25) is 0 Å². The fraction of sp³-hybridized carbons (Fsp3) is 0.824. The van der Waals surface area contributed by atoms with E-state index >= 15 is 0 Å². The molecule has 0 aliphatic heterocycles. The Morgan fingerprint density at radius 2 is 0.737 bits per heavy atom. The summed E-state index contributed by atoms with van der Waals surface area (Å²) in [5.41, 5.74) is 0. The van der Waals surface area contributed by atoms with E-state index in [1.165, 1.54) is 141 Å². The van der Waals surface area contributed by atoms with Crippen LogP contribution in [0.4, 0.5) is 0 Å². The summed E-state index contributed by atoms with van der Waals surface area (Å²) in [4.78, 5) is 12.5. The zero-order valence-corrected chi connectivity index (χ0v) is 37.6. The Balaban J connectivity index is 3.78. The van der Waals surface area contributed by atoms with E-state index in [0.717, 1.165) is 64.2 Å². The van der Waals surface area contributed by atoms with E-state index in [9.17, 15) is 25.2 Å². The Morgan fingerprint density at radius 3 is 1.11 bits per heavy atom. The van der Waals surface area contributed by atoms with Crippen molar-refractivity contribution in [2.24, 2.45) is 0 Å². The van der Waals surface area contributed by atoms with Crippen LogP contribution in [0.5, 0.6) is 0 Å². The molecular weight excluding hydrogens is 707 g/mol. The molecule has 0 aromatic carbocycles. The average molecular weight is 802 g/mol. The van der Waals surface area contributed by atoms with Gasteiger partial charge < -0.3 is 25.7 Å². The number of allylic oxidation sites excluding steroid dienone is 8. The third-order valence-corrected chi connectivity index (χ3v) is 11.2. The monoisotopic (exact) mass is 802 g/mol. The predicted octanol–water partition coefficient (Wildman–Crippen LogP) is 13.5. The number of amides is 1. The molecule has 0 saturated carbocycles. The van der Waals surface area contributed by atoms with Crippen molar-refractivity contribution in [3.63, 3.8) is 0 Å². The highest BCUT2D eigenvalue weighted by atomic mass is 16.3. The molecule has 6 nitrogen and oxygen atoms in total. The molecule has 0 saturated heterocycles. The molecule has 0 aliphatic rings. The highest BCUT2D eigenvalue weighted by Crippen LogP contribution is 2.15. The van der Waals surface area contributed by atoms with Crippen molar-refractivity contribution in [3.8, 4) is 0 Å². The molecule has 5 N–H and O–H groups in total. The smallest absolute Gasteiger partial charge is 0.249 e. The Kier molecular flexibility index (Phi) is 44.0. The fourth-order valence-corrected chi connectivity index (χ4v) is 7.31. The van der Waals surface area contributed by atoms with Gasteiger partial charge in [-0.05, 0) is 89.9 Å². The molecule has 0 heterocycles. The Morgan fingerprint density at radius 1 is 0.421 bits per heavy atom. The van der Waals surface area contributed by atoms with Gasteiger partial charge in [-0.3, -0.25) is 4.79 Å². The molecule has 4 atom stereocenters. The number of aliphatic hydroxyl groups is 4. The molecule has 334 valence electrons. The highest BCUT2D eigenvalue weighted by Gasteiger charge is 2.28. The van der Waals surface area contributed by atoms with Gasteiger partial charge >= 0.3 is 0 Å². The van der Waals surface area contributed by atoms with Crippen LogP contribution in [-0.4, -0.2) is 57.3 Å². The number of unbranched alkanes of at least 4 members (excludes halogenated alkanes) is 27. The maximum atomic E-state index is 12.5. The van der Waals surface area contributed by atoms with Crippen LogP contribution in [0.3, 0.4) is 0 Å². The van der Waals surface area contributed by atoms with Crippen LogP contribution in [0.15, 0.2) is 48.6 Å². The summed E-state index contributed by atoms with van der Waals surface area (Å²) in [5, 5.41) is 43.7. The van der Waals surface area contributed by atoms with Crippen molar-refractivity contribution >= 4 is 5.91 Å². The van der Waals surface area contributed by atoms with Crippen molar-refractivity contribution < 1.29 is 25.2 Å². The standard InChI is InChI=1S/C51H95NO5/c1-3-5-7-9-11-13-15-17-19-20-21-22-23-24-25-26-27-28-29-31-32-34-36-38-40-42-44-48(54)50(56)47(46-53)52-51(57)49(55)45-43-41-39-37-35-33-30-18-16-14-12-10-8-6-4-2/h25-26,29-31,33,36,38,47-50,53-56H,3-24,27-28,32,34-35,37,39-46H2,1-2H3,(H,52,57)/b26-25+,31-29+,33-30-,38-36+. The van der Waals surface area contributed by atoms with Gasteiger partial charge in [0.25, 0.3) is 0 Å². The topological polar surface area (TPSA) is 110 Å². The maximum absolute atomic E-state index is 12.5. The zero-order valence-electron chi connectivity index (χ0n) is 37.6. The summed E-state index contributed by atoms with van der Waals surface area (Å²) >= 11 is 0. The lowest BCUT2D eigenvalue weighted by atomic mass is 10.00. The third kappa shape index (κ3) is 39.5. The van der Waals surface area contributed by atoms with Crippen LogP contribution >= 0.6 is 0 Å². The predicted molar refractivity (Wildman–Crippen MR) is 247 cm³/mol. The normalized spacial score (nSPS) is 14.4. The van der Waals surface area contributed by atoms with E-state index in [-0.39, 0.29) is 0 Å². The van der Waals surface area contributed by atoms with E-state index in [4.69, 9.17) is 0 Å². The molecule has 0 radical (unpaired) electrons. The second-order valence-electron chi connectivity index (χ2n) is 16.8. The first-order valence-corrected chi connectivity index (χ1v) is 24.5. The van der Waals surface area contributed by atoms with Crippen molar-refractivity contribution in [2.45, 2.75) is 263 Å². The molecule has 57 heavy (non-hydrogen) atoms. The first-order chi connectivity index (χ1) is 28.0. The summed E-state index contributed by atoms with van der Waals surface area (Å²) in [7, 11) is 0. The van der Waals surface area contributed by atoms with E-state index in [1.54, 1.807) is 0 Å². The molecule has 1 amide bonds. The molecular formula is C51H95NO5.